The fourth-order valence-corrected chi connectivity index (χ4v) is 3.82. The first-order valence-corrected chi connectivity index (χ1v) is 10.7. The van der Waals surface area contributed by atoms with Gasteiger partial charge in [0.1, 0.15) is 0 Å². The Morgan fingerprint density at radius 1 is 1.07 bits per heavy atom. The maximum Gasteiger partial charge on any atom is 0.303 e. The lowest BCUT2D eigenvalue weighted by Gasteiger charge is -2.16. The number of nitrogens with one attached hydrogen (secondary N) is 1. The minimum absolute atomic E-state index is 0.167. The van der Waals surface area contributed by atoms with Gasteiger partial charge in [-0.2, -0.15) is 0 Å². The Morgan fingerprint density at radius 3 is 2.53 bits per heavy atom. The average molecular weight is 402 g/mol. The van der Waals surface area contributed by atoms with Crippen LogP contribution in [0.25, 0.3) is 5.57 Å². The smallest absolute Gasteiger partial charge is 0.303 e. The van der Waals surface area contributed by atoms with Crippen LogP contribution in [0, 0.1) is 0 Å². The van der Waals surface area contributed by atoms with Gasteiger partial charge in [-0.1, -0.05) is 61.1 Å². The van der Waals surface area contributed by atoms with Crippen molar-refractivity contribution in [3.8, 4) is 0 Å². The lowest BCUT2D eigenvalue weighted by Crippen LogP contribution is -2.04. The van der Waals surface area contributed by atoms with E-state index in [0.717, 1.165) is 30.6 Å². The van der Waals surface area contributed by atoms with Gasteiger partial charge in [0.2, 0.25) is 0 Å². The van der Waals surface area contributed by atoms with Gasteiger partial charge >= 0.3 is 5.97 Å². The maximum atomic E-state index is 10.7. The van der Waals surface area contributed by atoms with E-state index in [9.17, 15) is 4.79 Å². The largest absolute Gasteiger partial charge is 0.481 e. The molecule has 0 saturated carbocycles. The number of benzene rings is 2. The molecule has 0 fully saturated rings. The number of rotatable bonds is 8. The van der Waals surface area contributed by atoms with Gasteiger partial charge in [-0.25, -0.2) is 0 Å². The van der Waals surface area contributed by atoms with E-state index in [2.05, 4.69) is 62.5 Å². The highest BCUT2D eigenvalue weighted by molar-refractivity contribution is 5.74. The predicted octanol–water partition coefficient (Wildman–Crippen LogP) is 6.56. The van der Waals surface area contributed by atoms with Crippen LogP contribution in [0.2, 0.25) is 0 Å². The third-order valence-electron chi connectivity index (χ3n) is 5.66. The molecule has 1 aliphatic carbocycles. The summed E-state index contributed by atoms with van der Waals surface area (Å²) >= 11 is 0. The number of hydrogen-bond acceptors (Lipinski definition) is 2. The van der Waals surface area contributed by atoms with Crippen molar-refractivity contribution in [1.82, 2.24) is 0 Å². The molecule has 0 unspecified atom stereocenters. The molecule has 3 rings (SSSR count). The summed E-state index contributed by atoms with van der Waals surface area (Å²) in [4.78, 5) is 10.7. The lowest BCUT2D eigenvalue weighted by molar-refractivity contribution is -0.136. The van der Waals surface area contributed by atoms with Gasteiger partial charge in [0, 0.05) is 18.7 Å². The minimum Gasteiger partial charge on any atom is -0.481 e. The van der Waals surface area contributed by atoms with Crippen molar-refractivity contribution in [1.29, 1.82) is 0 Å². The standard InChI is InChI=1S/C27H31NO2/c1-4-22-17-23(26-16-19(2)6-5-7-20(26)3)11-12-24(22)18-28-25-13-8-21(9-14-25)10-15-27(29)30/h5-9,11-14,17,28H,4,10,15-16,18H2,1-3H3,(H,29,30). The minimum atomic E-state index is -0.759. The van der Waals surface area contributed by atoms with Crippen molar-refractivity contribution in [2.24, 2.45) is 0 Å². The molecule has 0 amide bonds. The van der Waals surface area contributed by atoms with Gasteiger partial charge in [0.05, 0.1) is 0 Å². The molecule has 2 aromatic carbocycles. The molecule has 0 bridgehead atoms. The summed E-state index contributed by atoms with van der Waals surface area (Å²) in [5.74, 6) is -0.759. The highest BCUT2D eigenvalue weighted by atomic mass is 16.4. The number of carboxylic acid groups (broad SMARTS) is 1. The number of aliphatic carboxylic acids is 1. The van der Waals surface area contributed by atoms with Crippen molar-refractivity contribution < 1.29 is 9.90 Å². The molecule has 0 aromatic heterocycles. The summed E-state index contributed by atoms with van der Waals surface area (Å²) in [7, 11) is 0. The van der Waals surface area contributed by atoms with Crippen LogP contribution >= 0.6 is 0 Å². The van der Waals surface area contributed by atoms with Crippen LogP contribution in [0.1, 0.15) is 55.9 Å². The summed E-state index contributed by atoms with van der Waals surface area (Å²) in [6.07, 6.45) is 9.26. The molecule has 2 aromatic rings. The van der Waals surface area contributed by atoms with Crippen molar-refractivity contribution in [3.63, 3.8) is 0 Å². The fourth-order valence-electron chi connectivity index (χ4n) is 3.82. The molecule has 0 heterocycles. The fraction of sp³-hybridized carbons (Fsp3) is 0.296. The maximum absolute atomic E-state index is 10.7. The van der Waals surface area contributed by atoms with Gasteiger partial charge < -0.3 is 10.4 Å². The third kappa shape index (κ3) is 5.73. The van der Waals surface area contributed by atoms with E-state index >= 15 is 0 Å². The van der Waals surface area contributed by atoms with Crippen LogP contribution in [0.4, 0.5) is 5.69 Å². The monoisotopic (exact) mass is 401 g/mol. The zero-order valence-corrected chi connectivity index (χ0v) is 18.2. The molecule has 2 N–H and O–H groups in total. The number of carboxylic acids is 1. The number of allylic oxidation sites excluding steroid dienone is 6. The Balaban J connectivity index is 1.71. The first kappa shape index (κ1) is 21.6. The molecule has 0 radical (unpaired) electrons. The van der Waals surface area contributed by atoms with Crippen LogP contribution in [0.15, 0.2) is 71.8 Å². The highest BCUT2D eigenvalue weighted by Crippen LogP contribution is 2.30. The summed E-state index contributed by atoms with van der Waals surface area (Å²) in [6, 6.07) is 14.9. The molecule has 156 valence electrons. The molecule has 0 saturated heterocycles. The van der Waals surface area contributed by atoms with Gasteiger partial charge in [0.25, 0.3) is 0 Å². The molecule has 0 spiro atoms. The first-order chi connectivity index (χ1) is 14.5. The zero-order chi connectivity index (χ0) is 21.5. The zero-order valence-electron chi connectivity index (χ0n) is 18.2. The molecule has 3 heteroatoms. The van der Waals surface area contributed by atoms with Crippen molar-refractivity contribution >= 4 is 17.2 Å². The van der Waals surface area contributed by atoms with Crippen molar-refractivity contribution in [3.05, 3.63) is 94.1 Å². The van der Waals surface area contributed by atoms with E-state index in [1.807, 2.05) is 24.3 Å². The second kappa shape index (κ2) is 10.1. The molecule has 1 aliphatic rings. The molecule has 30 heavy (non-hydrogen) atoms. The average Bonchev–Trinajstić information content (AvgIpc) is 2.91. The van der Waals surface area contributed by atoms with Gasteiger partial charge in [-0.15, -0.1) is 0 Å². The Bertz CT molecular complexity index is 994. The normalized spacial score (nSPS) is 13.8. The molecule has 3 nitrogen and oxygen atoms in total. The second-order valence-electron chi connectivity index (χ2n) is 7.99. The van der Waals surface area contributed by atoms with E-state index in [4.69, 9.17) is 5.11 Å². The van der Waals surface area contributed by atoms with E-state index < -0.39 is 5.97 Å². The quantitative estimate of drug-likeness (QED) is 0.527. The van der Waals surface area contributed by atoms with Crippen molar-refractivity contribution in [2.75, 3.05) is 5.32 Å². The van der Waals surface area contributed by atoms with E-state index in [-0.39, 0.29) is 6.42 Å². The van der Waals surface area contributed by atoms with Crippen LogP contribution < -0.4 is 5.32 Å². The Morgan fingerprint density at radius 2 is 1.83 bits per heavy atom. The first-order valence-electron chi connectivity index (χ1n) is 10.7. The Kier molecular flexibility index (Phi) is 7.29. The summed E-state index contributed by atoms with van der Waals surface area (Å²) in [5.41, 5.74) is 10.2. The number of carbonyl (C=O) groups is 1. The van der Waals surface area contributed by atoms with Gasteiger partial charge in [0.15, 0.2) is 0 Å². The topological polar surface area (TPSA) is 49.3 Å². The number of anilines is 1. The van der Waals surface area contributed by atoms with Crippen LogP contribution in [-0.4, -0.2) is 11.1 Å². The SMILES string of the molecule is CCc1cc(C2=C(C)C=CC=C(C)C2)ccc1CNc1ccc(CCC(=O)O)cc1. The van der Waals surface area contributed by atoms with E-state index in [1.54, 1.807) is 0 Å². The van der Waals surface area contributed by atoms with Gasteiger partial charge in [-0.05, 0) is 78.6 Å². The molecular formula is C27H31NO2. The number of hydrogen-bond donors (Lipinski definition) is 2. The summed E-state index contributed by atoms with van der Waals surface area (Å²) in [5, 5.41) is 12.3. The Labute approximate surface area is 179 Å². The van der Waals surface area contributed by atoms with Crippen LogP contribution in [0.5, 0.6) is 0 Å². The summed E-state index contributed by atoms with van der Waals surface area (Å²) < 4.78 is 0. The van der Waals surface area contributed by atoms with Gasteiger partial charge in [-0.3, -0.25) is 4.79 Å². The van der Waals surface area contributed by atoms with E-state index in [1.165, 1.54) is 33.4 Å². The molecule has 0 atom stereocenters. The van der Waals surface area contributed by atoms with Crippen molar-refractivity contribution in [2.45, 2.75) is 53.0 Å². The predicted molar refractivity (Wildman–Crippen MR) is 126 cm³/mol. The number of aryl methyl sites for hydroxylation is 2. The Hall–Kier alpha value is -3.07. The lowest BCUT2D eigenvalue weighted by atomic mass is 9.92. The van der Waals surface area contributed by atoms with Crippen LogP contribution in [0.3, 0.4) is 0 Å². The molecule has 0 aliphatic heterocycles. The van der Waals surface area contributed by atoms with E-state index in [0.29, 0.717) is 6.42 Å². The summed E-state index contributed by atoms with van der Waals surface area (Å²) in [6.45, 7) is 7.36. The third-order valence-corrected chi connectivity index (χ3v) is 5.66. The molecular weight excluding hydrogens is 370 g/mol. The second-order valence-corrected chi connectivity index (χ2v) is 7.99. The van der Waals surface area contributed by atoms with Crippen LogP contribution in [-0.2, 0) is 24.2 Å². The highest BCUT2D eigenvalue weighted by Gasteiger charge is 2.11.